The second kappa shape index (κ2) is 10.5. The Bertz CT molecular complexity index is 1370. The van der Waals surface area contributed by atoms with Crippen LogP contribution in [0, 0.1) is 5.92 Å². The van der Waals surface area contributed by atoms with Crippen LogP contribution in [-0.4, -0.2) is 40.6 Å². The van der Waals surface area contributed by atoms with Crippen molar-refractivity contribution in [1.82, 2.24) is 14.5 Å². The van der Waals surface area contributed by atoms with Crippen LogP contribution in [0.3, 0.4) is 0 Å². The van der Waals surface area contributed by atoms with Gasteiger partial charge in [0.25, 0.3) is 0 Å². The van der Waals surface area contributed by atoms with E-state index in [-0.39, 0.29) is 18.2 Å². The first-order chi connectivity index (χ1) is 18.1. The predicted molar refractivity (Wildman–Crippen MR) is 139 cm³/mol. The summed E-state index contributed by atoms with van der Waals surface area (Å²) in [6, 6.07) is 17.8. The zero-order chi connectivity index (χ0) is 25.8. The molecule has 3 heterocycles. The molecule has 2 unspecified atom stereocenters. The molecular weight excluding hydrogens is 470 g/mol. The van der Waals surface area contributed by atoms with Gasteiger partial charge in [-0.05, 0) is 48.9 Å². The molecule has 9 heteroatoms. The molecule has 0 saturated carbocycles. The van der Waals surface area contributed by atoms with Gasteiger partial charge in [0.15, 0.2) is 0 Å². The number of benzene rings is 2. The van der Waals surface area contributed by atoms with Gasteiger partial charge in [-0.25, -0.2) is 9.97 Å². The summed E-state index contributed by atoms with van der Waals surface area (Å²) < 4.78 is 12.7. The summed E-state index contributed by atoms with van der Waals surface area (Å²) in [6.45, 7) is 0. The van der Waals surface area contributed by atoms with Crippen molar-refractivity contribution in [2.75, 3.05) is 24.4 Å². The number of nitrogens with zero attached hydrogens (tertiary/aromatic N) is 4. The van der Waals surface area contributed by atoms with Crippen molar-refractivity contribution in [1.29, 1.82) is 0 Å². The SMILES string of the molecule is COc1ccc(N2C(=O)CCC(C(=O)Nc3ccc(-n4ccnc4)nc3)C2c2ccccc2OC)cc1. The second-order valence-corrected chi connectivity index (χ2v) is 8.66. The first-order valence-corrected chi connectivity index (χ1v) is 11.9. The van der Waals surface area contributed by atoms with Crippen molar-refractivity contribution in [3.8, 4) is 17.3 Å². The summed E-state index contributed by atoms with van der Waals surface area (Å²) in [5, 5.41) is 3.00. The van der Waals surface area contributed by atoms with E-state index in [2.05, 4.69) is 15.3 Å². The van der Waals surface area contributed by atoms with Crippen molar-refractivity contribution < 1.29 is 19.1 Å². The minimum atomic E-state index is -0.566. The van der Waals surface area contributed by atoms with Gasteiger partial charge in [0.05, 0.1) is 38.1 Å². The lowest BCUT2D eigenvalue weighted by Crippen LogP contribution is -2.47. The van der Waals surface area contributed by atoms with Gasteiger partial charge < -0.3 is 19.7 Å². The number of anilines is 2. The number of methoxy groups -OCH3 is 2. The van der Waals surface area contributed by atoms with Gasteiger partial charge in [0, 0.05) is 30.1 Å². The van der Waals surface area contributed by atoms with Gasteiger partial charge in [0.2, 0.25) is 11.8 Å². The van der Waals surface area contributed by atoms with E-state index < -0.39 is 12.0 Å². The molecule has 4 aromatic rings. The normalized spacial score (nSPS) is 17.4. The number of imidazole rings is 1. The molecule has 188 valence electrons. The van der Waals surface area contributed by atoms with E-state index in [1.807, 2.05) is 42.5 Å². The second-order valence-electron chi connectivity index (χ2n) is 8.66. The number of amides is 2. The van der Waals surface area contributed by atoms with Gasteiger partial charge in [-0.2, -0.15) is 0 Å². The molecular formula is C28H27N5O4. The monoisotopic (exact) mass is 497 g/mol. The van der Waals surface area contributed by atoms with Gasteiger partial charge in [-0.15, -0.1) is 0 Å². The minimum Gasteiger partial charge on any atom is -0.497 e. The Labute approximate surface area is 214 Å². The molecule has 9 nitrogen and oxygen atoms in total. The van der Waals surface area contributed by atoms with Crippen LogP contribution in [0.25, 0.3) is 5.82 Å². The Morgan fingerprint density at radius 2 is 1.84 bits per heavy atom. The Balaban J connectivity index is 1.49. The lowest BCUT2D eigenvalue weighted by atomic mass is 9.82. The number of hydrogen-bond acceptors (Lipinski definition) is 6. The van der Waals surface area contributed by atoms with E-state index in [1.165, 1.54) is 0 Å². The highest BCUT2D eigenvalue weighted by Crippen LogP contribution is 2.43. The Hall–Kier alpha value is -4.66. The number of nitrogens with one attached hydrogen (secondary N) is 1. The fourth-order valence-electron chi connectivity index (χ4n) is 4.72. The molecule has 0 aliphatic carbocycles. The first kappa shape index (κ1) is 24.1. The number of carbonyl (C=O) groups is 2. The highest BCUT2D eigenvalue weighted by Gasteiger charge is 2.42. The third-order valence-electron chi connectivity index (χ3n) is 6.53. The lowest BCUT2D eigenvalue weighted by molar-refractivity contribution is -0.126. The van der Waals surface area contributed by atoms with Crippen LogP contribution in [0.2, 0.25) is 0 Å². The molecule has 2 aromatic heterocycles. The molecule has 37 heavy (non-hydrogen) atoms. The largest absolute Gasteiger partial charge is 0.497 e. The van der Waals surface area contributed by atoms with Crippen molar-refractivity contribution in [3.05, 3.63) is 91.1 Å². The third kappa shape index (κ3) is 4.88. The molecule has 0 radical (unpaired) electrons. The van der Waals surface area contributed by atoms with Gasteiger partial charge in [-0.1, -0.05) is 18.2 Å². The number of piperidine rings is 1. The summed E-state index contributed by atoms with van der Waals surface area (Å²) in [5.41, 5.74) is 2.02. The highest BCUT2D eigenvalue weighted by atomic mass is 16.5. The first-order valence-electron chi connectivity index (χ1n) is 11.9. The number of carbonyl (C=O) groups excluding carboxylic acids is 2. The molecule has 5 rings (SSSR count). The average Bonchev–Trinajstić information content (AvgIpc) is 3.48. The van der Waals surface area contributed by atoms with Crippen molar-refractivity contribution in [2.45, 2.75) is 18.9 Å². The van der Waals surface area contributed by atoms with Gasteiger partial charge in [-0.3, -0.25) is 14.2 Å². The number of ether oxygens (including phenoxy) is 2. The smallest absolute Gasteiger partial charge is 0.229 e. The molecule has 2 atom stereocenters. The Kier molecular flexibility index (Phi) is 6.85. The number of hydrogen-bond donors (Lipinski definition) is 1. The maximum Gasteiger partial charge on any atom is 0.229 e. The fraction of sp³-hybridized carbons (Fsp3) is 0.214. The van der Waals surface area contributed by atoms with Gasteiger partial charge in [0.1, 0.15) is 23.6 Å². The van der Waals surface area contributed by atoms with E-state index in [0.717, 1.165) is 5.56 Å². The lowest BCUT2D eigenvalue weighted by Gasteiger charge is -2.41. The van der Waals surface area contributed by atoms with E-state index in [4.69, 9.17) is 9.47 Å². The number of aromatic nitrogens is 3. The fourth-order valence-corrected chi connectivity index (χ4v) is 4.72. The summed E-state index contributed by atoms with van der Waals surface area (Å²) >= 11 is 0. The number of rotatable bonds is 7. The van der Waals surface area contributed by atoms with E-state index in [1.54, 1.807) is 66.8 Å². The molecule has 2 aromatic carbocycles. The zero-order valence-corrected chi connectivity index (χ0v) is 20.6. The van der Waals surface area contributed by atoms with Crippen LogP contribution in [0.4, 0.5) is 11.4 Å². The molecule has 0 bridgehead atoms. The van der Waals surface area contributed by atoms with Crippen LogP contribution in [0.5, 0.6) is 11.5 Å². The van der Waals surface area contributed by atoms with Crippen LogP contribution in [0.1, 0.15) is 24.4 Å². The molecule has 1 aliphatic rings. The van der Waals surface area contributed by atoms with Crippen LogP contribution in [-0.2, 0) is 9.59 Å². The molecule has 1 N–H and O–H groups in total. The van der Waals surface area contributed by atoms with Crippen LogP contribution >= 0.6 is 0 Å². The molecule has 1 aliphatic heterocycles. The highest BCUT2D eigenvalue weighted by molar-refractivity contribution is 6.00. The quantitative estimate of drug-likeness (QED) is 0.406. The van der Waals surface area contributed by atoms with Crippen molar-refractivity contribution in [2.24, 2.45) is 5.92 Å². The number of pyridine rings is 1. The zero-order valence-electron chi connectivity index (χ0n) is 20.6. The van der Waals surface area contributed by atoms with E-state index in [9.17, 15) is 9.59 Å². The predicted octanol–water partition coefficient (Wildman–Crippen LogP) is 4.41. The summed E-state index contributed by atoms with van der Waals surface area (Å²) in [5.74, 6) is 1.21. The summed E-state index contributed by atoms with van der Waals surface area (Å²) in [6.07, 6.45) is 7.39. The van der Waals surface area contributed by atoms with Crippen LogP contribution < -0.4 is 19.7 Å². The van der Waals surface area contributed by atoms with Crippen LogP contribution in [0.15, 0.2) is 85.6 Å². The van der Waals surface area contributed by atoms with E-state index >= 15 is 0 Å². The van der Waals surface area contributed by atoms with Crippen molar-refractivity contribution in [3.63, 3.8) is 0 Å². The molecule has 1 fully saturated rings. The minimum absolute atomic E-state index is 0.0588. The Morgan fingerprint density at radius 3 is 2.51 bits per heavy atom. The maximum absolute atomic E-state index is 13.7. The average molecular weight is 498 g/mol. The topological polar surface area (TPSA) is 98.6 Å². The standard InChI is InChI=1S/C28H27N5O4/c1-36-21-10-8-20(9-11-21)33-26(34)14-12-23(27(33)22-5-3-4-6-24(22)37-2)28(35)31-19-7-13-25(30-17-19)32-16-15-29-18-32/h3-11,13,15-18,23,27H,12,14H2,1-2H3,(H,31,35). The summed E-state index contributed by atoms with van der Waals surface area (Å²) in [4.78, 5) is 37.2. The molecule has 1 saturated heterocycles. The molecule has 2 amide bonds. The third-order valence-corrected chi connectivity index (χ3v) is 6.53. The van der Waals surface area contributed by atoms with Gasteiger partial charge >= 0.3 is 0 Å². The Morgan fingerprint density at radius 1 is 1.03 bits per heavy atom. The summed E-state index contributed by atoms with van der Waals surface area (Å²) in [7, 11) is 3.18. The number of para-hydroxylation sites is 1. The molecule has 0 spiro atoms. The maximum atomic E-state index is 13.7. The van der Waals surface area contributed by atoms with Crippen molar-refractivity contribution >= 4 is 23.2 Å². The van der Waals surface area contributed by atoms with E-state index in [0.29, 0.717) is 35.1 Å².